The van der Waals surface area contributed by atoms with Gasteiger partial charge in [0.1, 0.15) is 18.3 Å². The number of aliphatic hydroxyl groups excluding tert-OH is 1. The number of rotatable bonds is 2. The van der Waals surface area contributed by atoms with Gasteiger partial charge in [0.2, 0.25) is 5.91 Å². The van der Waals surface area contributed by atoms with Crippen molar-refractivity contribution < 1.29 is 14.6 Å². The van der Waals surface area contributed by atoms with Crippen LogP contribution < -0.4 is 4.74 Å². The lowest BCUT2D eigenvalue weighted by molar-refractivity contribution is -0.135. The Morgan fingerprint density at radius 3 is 3.05 bits per heavy atom. The van der Waals surface area contributed by atoms with E-state index in [2.05, 4.69) is 6.92 Å². The number of hydrogen-bond donors (Lipinski definition) is 1. The molecule has 0 saturated carbocycles. The third kappa shape index (κ3) is 2.00. The molecule has 4 heteroatoms. The molecule has 19 heavy (non-hydrogen) atoms. The molecule has 1 saturated heterocycles. The van der Waals surface area contributed by atoms with Crippen LogP contribution in [0.3, 0.4) is 0 Å². The standard InChI is InChI=1S/C15H19NO3/c1-10-6-7-16(13(10)8-17)15(18)12-9-19-14-5-3-2-4-11(12)14/h2-5,10,12-13,17H,6-9H2,1H3. The summed E-state index contributed by atoms with van der Waals surface area (Å²) in [5, 5.41) is 9.47. The second kappa shape index (κ2) is 4.85. The molecule has 0 radical (unpaired) electrons. The summed E-state index contributed by atoms with van der Waals surface area (Å²) in [4.78, 5) is 14.5. The van der Waals surface area contributed by atoms with Gasteiger partial charge in [0.05, 0.1) is 12.6 Å². The molecule has 1 amide bonds. The summed E-state index contributed by atoms with van der Waals surface area (Å²) in [5.41, 5.74) is 0.976. The van der Waals surface area contributed by atoms with Gasteiger partial charge in [0, 0.05) is 12.1 Å². The molecule has 1 aromatic rings. The number of para-hydroxylation sites is 1. The van der Waals surface area contributed by atoms with Crippen LogP contribution in [0.25, 0.3) is 0 Å². The van der Waals surface area contributed by atoms with E-state index >= 15 is 0 Å². The van der Waals surface area contributed by atoms with Crippen LogP contribution in [0.2, 0.25) is 0 Å². The third-order valence-corrected chi connectivity index (χ3v) is 4.35. The van der Waals surface area contributed by atoms with Gasteiger partial charge in [-0.2, -0.15) is 0 Å². The van der Waals surface area contributed by atoms with Crippen molar-refractivity contribution in [3.8, 4) is 5.75 Å². The largest absolute Gasteiger partial charge is 0.492 e. The highest BCUT2D eigenvalue weighted by Crippen LogP contribution is 2.36. The topological polar surface area (TPSA) is 49.8 Å². The van der Waals surface area contributed by atoms with E-state index in [0.29, 0.717) is 12.5 Å². The van der Waals surface area contributed by atoms with Gasteiger partial charge in [0.25, 0.3) is 0 Å². The minimum Gasteiger partial charge on any atom is -0.492 e. The molecule has 1 N–H and O–H groups in total. The fourth-order valence-electron chi connectivity index (χ4n) is 3.13. The number of ether oxygens (including phenoxy) is 1. The van der Waals surface area contributed by atoms with Crippen LogP contribution in [0.15, 0.2) is 24.3 Å². The number of benzene rings is 1. The van der Waals surface area contributed by atoms with Crippen LogP contribution >= 0.6 is 0 Å². The Balaban J connectivity index is 1.82. The Morgan fingerprint density at radius 2 is 2.26 bits per heavy atom. The summed E-state index contributed by atoms with van der Waals surface area (Å²) in [6.45, 7) is 3.29. The zero-order valence-corrected chi connectivity index (χ0v) is 11.1. The van der Waals surface area contributed by atoms with E-state index in [-0.39, 0.29) is 24.5 Å². The molecule has 102 valence electrons. The molecule has 2 aliphatic heterocycles. The summed E-state index contributed by atoms with van der Waals surface area (Å²) in [5.74, 6) is 1.06. The fourth-order valence-corrected chi connectivity index (χ4v) is 3.13. The summed E-state index contributed by atoms with van der Waals surface area (Å²) in [6.07, 6.45) is 0.964. The van der Waals surface area contributed by atoms with Gasteiger partial charge in [-0.05, 0) is 18.4 Å². The molecule has 1 fully saturated rings. The molecule has 3 atom stereocenters. The predicted molar refractivity (Wildman–Crippen MR) is 71.0 cm³/mol. The van der Waals surface area contributed by atoms with Crippen LogP contribution in [0, 0.1) is 5.92 Å². The number of hydrogen-bond acceptors (Lipinski definition) is 3. The predicted octanol–water partition coefficient (Wildman–Crippen LogP) is 1.39. The first kappa shape index (κ1) is 12.5. The summed E-state index contributed by atoms with van der Waals surface area (Å²) in [6, 6.07) is 7.67. The number of carbonyl (C=O) groups is 1. The van der Waals surface area contributed by atoms with Crippen molar-refractivity contribution in [1.82, 2.24) is 4.90 Å². The molecule has 0 bridgehead atoms. The zero-order chi connectivity index (χ0) is 13.4. The van der Waals surface area contributed by atoms with Crippen molar-refractivity contribution in [3.63, 3.8) is 0 Å². The Hall–Kier alpha value is -1.55. The maximum atomic E-state index is 12.7. The molecule has 1 aromatic carbocycles. The number of amides is 1. The van der Waals surface area contributed by atoms with Gasteiger partial charge in [-0.15, -0.1) is 0 Å². The quantitative estimate of drug-likeness (QED) is 0.875. The molecule has 2 aliphatic rings. The lowest BCUT2D eigenvalue weighted by Crippen LogP contribution is -2.42. The van der Waals surface area contributed by atoms with Crippen LogP contribution in [0.1, 0.15) is 24.8 Å². The highest BCUT2D eigenvalue weighted by molar-refractivity contribution is 5.86. The Kier molecular flexibility index (Phi) is 3.19. The zero-order valence-electron chi connectivity index (χ0n) is 11.1. The summed E-state index contributed by atoms with van der Waals surface area (Å²) >= 11 is 0. The SMILES string of the molecule is CC1CCN(C(=O)C2COc3ccccc32)C1CO. The first-order valence-electron chi connectivity index (χ1n) is 6.85. The van der Waals surface area contributed by atoms with Gasteiger partial charge < -0.3 is 14.7 Å². The number of fused-ring (bicyclic) bond motifs is 1. The van der Waals surface area contributed by atoms with Crippen LogP contribution in [-0.2, 0) is 4.79 Å². The Labute approximate surface area is 113 Å². The van der Waals surface area contributed by atoms with Gasteiger partial charge in [-0.1, -0.05) is 25.1 Å². The van der Waals surface area contributed by atoms with E-state index in [1.54, 1.807) is 0 Å². The molecule has 0 aliphatic carbocycles. The summed E-state index contributed by atoms with van der Waals surface area (Å²) < 4.78 is 5.58. The number of carbonyl (C=O) groups excluding carboxylic acids is 1. The first-order chi connectivity index (χ1) is 9.22. The minimum atomic E-state index is -0.212. The van der Waals surface area contributed by atoms with Gasteiger partial charge in [0.15, 0.2) is 0 Å². The van der Waals surface area contributed by atoms with Crippen LogP contribution in [-0.4, -0.2) is 41.7 Å². The average molecular weight is 261 g/mol. The van der Waals surface area contributed by atoms with Crippen molar-refractivity contribution in [2.75, 3.05) is 19.8 Å². The van der Waals surface area contributed by atoms with Crippen molar-refractivity contribution in [2.45, 2.75) is 25.3 Å². The van der Waals surface area contributed by atoms with E-state index in [9.17, 15) is 9.90 Å². The maximum absolute atomic E-state index is 12.7. The lowest BCUT2D eigenvalue weighted by atomic mass is 9.98. The average Bonchev–Trinajstić information content (AvgIpc) is 3.01. The summed E-state index contributed by atoms with van der Waals surface area (Å²) in [7, 11) is 0. The highest BCUT2D eigenvalue weighted by atomic mass is 16.5. The molecular formula is C15H19NO3. The second-order valence-electron chi connectivity index (χ2n) is 5.45. The monoisotopic (exact) mass is 261 g/mol. The number of likely N-dealkylation sites (tertiary alicyclic amines) is 1. The molecule has 3 rings (SSSR count). The molecule has 3 unspecified atom stereocenters. The van der Waals surface area contributed by atoms with E-state index in [0.717, 1.165) is 24.3 Å². The fraction of sp³-hybridized carbons (Fsp3) is 0.533. The molecule has 0 aromatic heterocycles. The molecule has 4 nitrogen and oxygen atoms in total. The smallest absolute Gasteiger partial charge is 0.234 e. The van der Waals surface area contributed by atoms with Crippen molar-refractivity contribution >= 4 is 5.91 Å². The van der Waals surface area contributed by atoms with Gasteiger partial charge >= 0.3 is 0 Å². The van der Waals surface area contributed by atoms with E-state index < -0.39 is 0 Å². The van der Waals surface area contributed by atoms with E-state index in [1.165, 1.54) is 0 Å². The molecular weight excluding hydrogens is 242 g/mol. The van der Waals surface area contributed by atoms with Gasteiger partial charge in [-0.3, -0.25) is 4.79 Å². The molecule has 2 heterocycles. The van der Waals surface area contributed by atoms with Gasteiger partial charge in [-0.25, -0.2) is 0 Å². The minimum absolute atomic E-state index is 0.0414. The van der Waals surface area contributed by atoms with E-state index in [4.69, 9.17) is 4.74 Å². The number of aliphatic hydroxyl groups is 1. The third-order valence-electron chi connectivity index (χ3n) is 4.35. The van der Waals surface area contributed by atoms with Crippen molar-refractivity contribution in [2.24, 2.45) is 5.92 Å². The maximum Gasteiger partial charge on any atom is 0.234 e. The second-order valence-corrected chi connectivity index (χ2v) is 5.45. The highest BCUT2D eigenvalue weighted by Gasteiger charge is 2.40. The Morgan fingerprint density at radius 1 is 1.47 bits per heavy atom. The Bertz CT molecular complexity index is 488. The van der Waals surface area contributed by atoms with E-state index in [1.807, 2.05) is 29.2 Å². The molecule has 0 spiro atoms. The first-order valence-corrected chi connectivity index (χ1v) is 6.85. The van der Waals surface area contributed by atoms with Crippen LogP contribution in [0.5, 0.6) is 5.75 Å². The van der Waals surface area contributed by atoms with Crippen LogP contribution in [0.4, 0.5) is 0 Å². The van der Waals surface area contributed by atoms with Crippen molar-refractivity contribution in [1.29, 1.82) is 0 Å². The lowest BCUT2D eigenvalue weighted by Gasteiger charge is -2.27. The number of nitrogens with zero attached hydrogens (tertiary/aromatic N) is 1. The normalized spacial score (nSPS) is 29.2. The van der Waals surface area contributed by atoms with Crippen molar-refractivity contribution in [3.05, 3.63) is 29.8 Å².